The summed E-state index contributed by atoms with van der Waals surface area (Å²) in [4.78, 5) is 32.8. The van der Waals surface area contributed by atoms with Crippen LogP contribution in [-0.4, -0.2) is 92.7 Å². The van der Waals surface area contributed by atoms with Crippen LogP contribution in [0.15, 0.2) is 66.7 Å². The number of nitrogens with zero attached hydrogens (tertiary/aromatic N) is 4. The van der Waals surface area contributed by atoms with Crippen molar-refractivity contribution in [2.75, 3.05) is 66.1 Å². The molecule has 208 valence electrons. The summed E-state index contributed by atoms with van der Waals surface area (Å²) < 4.78 is 11.1. The van der Waals surface area contributed by atoms with Crippen LogP contribution in [-0.2, 0) is 14.3 Å². The van der Waals surface area contributed by atoms with Crippen molar-refractivity contribution in [3.8, 4) is 11.8 Å². The third-order valence-electron chi connectivity index (χ3n) is 8.22. The van der Waals surface area contributed by atoms with Gasteiger partial charge in [0.25, 0.3) is 0 Å². The van der Waals surface area contributed by atoms with Crippen LogP contribution >= 0.6 is 0 Å². The average Bonchev–Trinajstić information content (AvgIpc) is 3.02. The molecular formula is C32H36N4O4. The molecule has 8 nitrogen and oxygen atoms in total. The number of hydrogen-bond acceptors (Lipinski definition) is 6. The molecule has 0 unspecified atom stereocenters. The molecule has 3 aromatic rings. The largest absolute Gasteiger partial charge is 0.496 e. The predicted octanol–water partition coefficient (Wildman–Crippen LogP) is 3.51. The number of methoxy groups -OCH3 is 1. The zero-order chi connectivity index (χ0) is 28.1. The Morgan fingerprint density at radius 1 is 0.900 bits per heavy atom. The number of rotatable bonds is 7. The van der Waals surface area contributed by atoms with E-state index in [1.54, 1.807) is 18.9 Å². The van der Waals surface area contributed by atoms with E-state index in [0.29, 0.717) is 64.8 Å². The minimum Gasteiger partial charge on any atom is -0.496 e. The maximum atomic E-state index is 14.3. The molecule has 2 aliphatic heterocycles. The molecule has 2 atom stereocenters. The van der Waals surface area contributed by atoms with E-state index in [9.17, 15) is 14.9 Å². The number of fused-ring (bicyclic) bond motifs is 1. The van der Waals surface area contributed by atoms with Crippen LogP contribution in [0, 0.1) is 16.7 Å². The second kappa shape index (κ2) is 12.1. The third-order valence-corrected chi connectivity index (χ3v) is 8.22. The van der Waals surface area contributed by atoms with Crippen LogP contribution < -0.4 is 4.74 Å². The fourth-order valence-electron chi connectivity index (χ4n) is 5.97. The second-order valence-corrected chi connectivity index (χ2v) is 10.6. The quantitative estimate of drug-likeness (QED) is 0.456. The molecule has 0 aliphatic carbocycles. The Hall–Kier alpha value is -3.93. The number of carbonyl (C=O) groups excluding carboxylic acids is 2. The Balaban J connectivity index is 1.43. The minimum atomic E-state index is -1.40. The first-order chi connectivity index (χ1) is 19.5. The summed E-state index contributed by atoms with van der Waals surface area (Å²) in [5, 5.41) is 12.8. The normalized spacial score (nSPS) is 18.5. The lowest BCUT2D eigenvalue weighted by atomic mass is 9.68. The van der Waals surface area contributed by atoms with Crippen LogP contribution in [0.1, 0.15) is 24.0 Å². The second-order valence-electron chi connectivity index (χ2n) is 10.6. The van der Waals surface area contributed by atoms with Crippen molar-refractivity contribution in [1.82, 2.24) is 14.7 Å². The van der Waals surface area contributed by atoms with E-state index in [-0.39, 0.29) is 11.8 Å². The van der Waals surface area contributed by atoms with Gasteiger partial charge in [-0.05, 0) is 29.3 Å². The topological polar surface area (TPSA) is 86.1 Å². The van der Waals surface area contributed by atoms with Gasteiger partial charge in [-0.1, -0.05) is 60.7 Å². The molecule has 0 radical (unpaired) electrons. The van der Waals surface area contributed by atoms with E-state index < -0.39 is 11.3 Å². The van der Waals surface area contributed by atoms with Crippen molar-refractivity contribution in [2.45, 2.75) is 12.8 Å². The van der Waals surface area contributed by atoms with Gasteiger partial charge in [0.1, 0.15) is 11.2 Å². The summed E-state index contributed by atoms with van der Waals surface area (Å²) in [7, 11) is 1.61. The summed E-state index contributed by atoms with van der Waals surface area (Å²) >= 11 is 0. The highest BCUT2D eigenvalue weighted by molar-refractivity contribution is 5.91. The number of amides is 2. The standard InChI is InChI=1S/C32H36N4O4/c1-32(23-33,31(38)36-16-14-34(15-17-36)22-29(37)35-18-20-40-21-19-35)30(27-11-5-6-13-28(27)39-2)26-12-7-9-24-8-3-4-10-25(24)26/h3-13,30H,14-22H2,1-2H3/t30-,32+/m0/s1. The van der Waals surface area contributed by atoms with E-state index in [1.165, 1.54) is 0 Å². The first-order valence-electron chi connectivity index (χ1n) is 13.9. The summed E-state index contributed by atoms with van der Waals surface area (Å²) in [6.07, 6.45) is 0. The number of piperazine rings is 1. The van der Waals surface area contributed by atoms with Crippen LogP contribution in [0.25, 0.3) is 10.8 Å². The van der Waals surface area contributed by atoms with Crippen molar-refractivity contribution in [3.05, 3.63) is 77.9 Å². The lowest BCUT2D eigenvalue weighted by molar-refractivity contribution is -0.142. The number of nitriles is 1. The molecule has 0 saturated carbocycles. The van der Waals surface area contributed by atoms with Crippen LogP contribution in [0.2, 0.25) is 0 Å². The Morgan fingerprint density at radius 2 is 1.55 bits per heavy atom. The highest BCUT2D eigenvalue weighted by atomic mass is 16.5. The maximum absolute atomic E-state index is 14.3. The Kier molecular flexibility index (Phi) is 8.34. The van der Waals surface area contributed by atoms with Crippen molar-refractivity contribution in [3.63, 3.8) is 0 Å². The molecule has 2 fully saturated rings. The van der Waals surface area contributed by atoms with Gasteiger partial charge in [-0.3, -0.25) is 14.5 Å². The highest BCUT2D eigenvalue weighted by Gasteiger charge is 2.47. The van der Waals surface area contributed by atoms with Gasteiger partial charge in [0.05, 0.1) is 32.9 Å². The van der Waals surface area contributed by atoms with Crippen molar-refractivity contribution >= 4 is 22.6 Å². The summed E-state index contributed by atoms with van der Waals surface area (Å²) in [6, 6.07) is 24.2. The van der Waals surface area contributed by atoms with Gasteiger partial charge in [-0.25, -0.2) is 0 Å². The SMILES string of the molecule is COc1ccccc1[C@H](c1cccc2ccccc12)[C@@](C)(C#N)C(=O)N1CCN(CC(=O)N2CCOCC2)CC1. The molecule has 8 heteroatoms. The summed E-state index contributed by atoms with van der Waals surface area (Å²) in [5.41, 5.74) is 0.313. The molecule has 5 rings (SSSR count). The highest BCUT2D eigenvalue weighted by Crippen LogP contribution is 2.47. The summed E-state index contributed by atoms with van der Waals surface area (Å²) in [6.45, 7) is 6.55. The van der Waals surface area contributed by atoms with E-state index in [4.69, 9.17) is 9.47 Å². The zero-order valence-corrected chi connectivity index (χ0v) is 23.2. The maximum Gasteiger partial charge on any atom is 0.243 e. The Morgan fingerprint density at radius 3 is 2.27 bits per heavy atom. The molecule has 3 aromatic carbocycles. The Labute approximate surface area is 235 Å². The van der Waals surface area contributed by atoms with Crippen LogP contribution in [0.4, 0.5) is 0 Å². The molecule has 2 heterocycles. The average molecular weight is 541 g/mol. The molecule has 0 spiro atoms. The van der Waals surface area contributed by atoms with Crippen molar-refractivity contribution in [2.24, 2.45) is 5.41 Å². The van der Waals surface area contributed by atoms with Gasteiger partial charge in [-0.15, -0.1) is 0 Å². The molecule has 0 bridgehead atoms. The van der Waals surface area contributed by atoms with Crippen LogP contribution in [0.3, 0.4) is 0 Å². The number of ether oxygens (including phenoxy) is 2. The number of carbonyl (C=O) groups is 2. The lowest BCUT2D eigenvalue weighted by Crippen LogP contribution is -2.55. The van der Waals surface area contributed by atoms with Crippen molar-refractivity contribution in [1.29, 1.82) is 5.26 Å². The van der Waals surface area contributed by atoms with E-state index in [0.717, 1.165) is 21.9 Å². The van der Waals surface area contributed by atoms with E-state index in [2.05, 4.69) is 11.0 Å². The van der Waals surface area contributed by atoms with Gasteiger partial charge in [0.2, 0.25) is 11.8 Å². The zero-order valence-electron chi connectivity index (χ0n) is 23.2. The first kappa shape index (κ1) is 27.6. The fourth-order valence-corrected chi connectivity index (χ4v) is 5.97. The van der Waals surface area contributed by atoms with Gasteiger partial charge < -0.3 is 19.3 Å². The van der Waals surface area contributed by atoms with Crippen LogP contribution in [0.5, 0.6) is 5.75 Å². The molecule has 2 amide bonds. The number of hydrogen-bond donors (Lipinski definition) is 0. The lowest BCUT2D eigenvalue weighted by Gasteiger charge is -2.41. The number of benzene rings is 3. The van der Waals surface area contributed by atoms with E-state index >= 15 is 0 Å². The molecule has 0 N–H and O–H groups in total. The first-order valence-corrected chi connectivity index (χ1v) is 13.9. The monoisotopic (exact) mass is 540 g/mol. The van der Waals surface area contributed by atoms with Gasteiger partial charge in [-0.2, -0.15) is 5.26 Å². The smallest absolute Gasteiger partial charge is 0.243 e. The van der Waals surface area contributed by atoms with Gasteiger partial charge in [0, 0.05) is 50.7 Å². The van der Waals surface area contributed by atoms with Gasteiger partial charge in [0.15, 0.2) is 0 Å². The minimum absolute atomic E-state index is 0.0946. The molecule has 0 aromatic heterocycles. The molecular weight excluding hydrogens is 504 g/mol. The predicted molar refractivity (Wildman–Crippen MR) is 153 cm³/mol. The number of para-hydroxylation sites is 1. The van der Waals surface area contributed by atoms with Gasteiger partial charge >= 0.3 is 0 Å². The molecule has 2 saturated heterocycles. The third kappa shape index (κ3) is 5.40. The fraction of sp³-hybridized carbons (Fsp3) is 0.406. The van der Waals surface area contributed by atoms with E-state index in [1.807, 2.05) is 71.6 Å². The Bertz CT molecular complexity index is 1400. The number of morpholine rings is 1. The summed E-state index contributed by atoms with van der Waals surface area (Å²) in [5.74, 6) is -0.0375. The molecule has 2 aliphatic rings. The van der Waals surface area contributed by atoms with Crippen molar-refractivity contribution < 1.29 is 19.1 Å². The molecule has 40 heavy (non-hydrogen) atoms.